The van der Waals surface area contributed by atoms with E-state index in [-0.39, 0.29) is 0 Å². The summed E-state index contributed by atoms with van der Waals surface area (Å²) in [5.41, 5.74) is 1.40. The Kier molecular flexibility index (Phi) is 8.67. The Hall–Kier alpha value is -1.55. The molecular formula is C20H34N4. The van der Waals surface area contributed by atoms with Crippen molar-refractivity contribution < 1.29 is 0 Å². The smallest absolute Gasteiger partial charge is 0.191 e. The van der Waals surface area contributed by atoms with Crippen LogP contribution in [0.1, 0.15) is 45.1 Å². The lowest BCUT2D eigenvalue weighted by molar-refractivity contribution is 0.206. The highest BCUT2D eigenvalue weighted by atomic mass is 15.2. The molecule has 0 aromatic heterocycles. The van der Waals surface area contributed by atoms with Crippen LogP contribution in [-0.2, 0) is 6.42 Å². The van der Waals surface area contributed by atoms with E-state index in [1.54, 1.807) is 0 Å². The van der Waals surface area contributed by atoms with E-state index < -0.39 is 0 Å². The molecule has 1 aliphatic heterocycles. The molecule has 0 unspecified atom stereocenters. The van der Waals surface area contributed by atoms with Crippen molar-refractivity contribution in [3.63, 3.8) is 0 Å². The molecule has 0 atom stereocenters. The lowest BCUT2D eigenvalue weighted by Gasteiger charge is -2.32. The minimum atomic E-state index is 0.560. The average molecular weight is 331 g/mol. The number of piperidine rings is 1. The molecule has 0 aliphatic carbocycles. The van der Waals surface area contributed by atoms with Crippen molar-refractivity contribution >= 4 is 5.96 Å². The van der Waals surface area contributed by atoms with E-state index in [0.717, 1.165) is 31.9 Å². The molecule has 0 bridgehead atoms. The molecule has 2 N–H and O–H groups in total. The molecule has 0 saturated carbocycles. The van der Waals surface area contributed by atoms with Crippen molar-refractivity contribution in [2.45, 2.75) is 52.0 Å². The number of nitrogens with zero attached hydrogens (tertiary/aromatic N) is 2. The van der Waals surface area contributed by atoms with Gasteiger partial charge in [0, 0.05) is 32.2 Å². The zero-order valence-electron chi connectivity index (χ0n) is 15.4. The zero-order valence-corrected chi connectivity index (χ0v) is 15.4. The molecule has 4 nitrogen and oxygen atoms in total. The molecule has 1 aromatic carbocycles. The number of benzene rings is 1. The van der Waals surface area contributed by atoms with Gasteiger partial charge in [0.25, 0.3) is 0 Å². The summed E-state index contributed by atoms with van der Waals surface area (Å²) >= 11 is 0. The van der Waals surface area contributed by atoms with Crippen LogP contribution in [0.4, 0.5) is 0 Å². The molecule has 1 fully saturated rings. The fraction of sp³-hybridized carbons (Fsp3) is 0.650. The second-order valence-corrected chi connectivity index (χ2v) is 6.61. The molecule has 0 amide bonds. The van der Waals surface area contributed by atoms with Crippen molar-refractivity contribution in [3.05, 3.63) is 35.9 Å². The first-order valence-electron chi connectivity index (χ1n) is 9.63. The van der Waals surface area contributed by atoms with Crippen molar-refractivity contribution in [1.29, 1.82) is 0 Å². The lowest BCUT2D eigenvalue weighted by atomic mass is 10.1. The van der Waals surface area contributed by atoms with Crippen LogP contribution in [0.25, 0.3) is 0 Å². The summed E-state index contributed by atoms with van der Waals surface area (Å²) < 4.78 is 0. The van der Waals surface area contributed by atoms with Gasteiger partial charge in [-0.2, -0.15) is 0 Å². The van der Waals surface area contributed by atoms with E-state index in [0.29, 0.717) is 6.04 Å². The summed E-state index contributed by atoms with van der Waals surface area (Å²) in [4.78, 5) is 7.33. The zero-order chi connectivity index (χ0) is 17.0. The summed E-state index contributed by atoms with van der Waals surface area (Å²) in [6, 6.07) is 11.2. The number of guanidine groups is 1. The highest BCUT2D eigenvalue weighted by Gasteiger charge is 2.19. The van der Waals surface area contributed by atoms with Crippen LogP contribution >= 0.6 is 0 Å². The van der Waals surface area contributed by atoms with Gasteiger partial charge in [-0.1, -0.05) is 37.3 Å². The maximum atomic E-state index is 4.76. The van der Waals surface area contributed by atoms with Crippen LogP contribution in [0.2, 0.25) is 0 Å². The lowest BCUT2D eigenvalue weighted by Crippen LogP contribution is -2.48. The number of hydrogen-bond donors (Lipinski definition) is 2. The maximum Gasteiger partial charge on any atom is 0.191 e. The van der Waals surface area contributed by atoms with Crippen LogP contribution < -0.4 is 10.6 Å². The number of nitrogens with one attached hydrogen (secondary N) is 2. The van der Waals surface area contributed by atoms with Crippen molar-refractivity contribution in [2.75, 3.05) is 32.7 Å². The van der Waals surface area contributed by atoms with Gasteiger partial charge in [0.05, 0.1) is 0 Å². The van der Waals surface area contributed by atoms with Crippen LogP contribution in [0.3, 0.4) is 0 Å². The van der Waals surface area contributed by atoms with Gasteiger partial charge in [-0.3, -0.25) is 4.99 Å². The Morgan fingerprint density at radius 2 is 1.92 bits per heavy atom. The molecule has 4 heteroatoms. The molecule has 1 aromatic rings. The normalized spacial score (nSPS) is 17.0. The molecular weight excluding hydrogens is 296 g/mol. The molecule has 1 saturated heterocycles. The third-order valence-electron chi connectivity index (χ3n) is 4.55. The summed E-state index contributed by atoms with van der Waals surface area (Å²) in [6.07, 6.45) is 5.88. The maximum absolute atomic E-state index is 4.76. The molecule has 0 radical (unpaired) electrons. The van der Waals surface area contributed by atoms with Gasteiger partial charge in [0.2, 0.25) is 0 Å². The van der Waals surface area contributed by atoms with Crippen molar-refractivity contribution in [2.24, 2.45) is 4.99 Å². The SMILES string of the molecule is CCCN1CCC(NC(=NCCCc2ccccc2)NCC)CC1. The first-order chi connectivity index (χ1) is 11.8. The number of aryl methyl sites for hydroxylation is 1. The number of likely N-dealkylation sites (tertiary alicyclic amines) is 1. The average Bonchev–Trinajstić information content (AvgIpc) is 2.61. The second kappa shape index (κ2) is 11.1. The largest absolute Gasteiger partial charge is 0.357 e. The fourth-order valence-corrected chi connectivity index (χ4v) is 3.25. The first kappa shape index (κ1) is 18.8. The van der Waals surface area contributed by atoms with E-state index in [1.807, 2.05) is 0 Å². The molecule has 1 heterocycles. The minimum absolute atomic E-state index is 0.560. The Morgan fingerprint density at radius 3 is 2.58 bits per heavy atom. The molecule has 134 valence electrons. The Balaban J connectivity index is 1.72. The topological polar surface area (TPSA) is 39.7 Å². The summed E-state index contributed by atoms with van der Waals surface area (Å²) in [7, 11) is 0. The predicted molar refractivity (Wildman–Crippen MR) is 104 cm³/mol. The van der Waals surface area contributed by atoms with E-state index >= 15 is 0 Å². The van der Waals surface area contributed by atoms with Crippen LogP contribution in [0.15, 0.2) is 35.3 Å². The van der Waals surface area contributed by atoms with Crippen LogP contribution in [-0.4, -0.2) is 49.6 Å². The van der Waals surface area contributed by atoms with E-state index in [2.05, 4.69) is 59.7 Å². The molecule has 24 heavy (non-hydrogen) atoms. The summed E-state index contributed by atoms with van der Waals surface area (Å²) in [5.74, 6) is 0.986. The molecule has 0 spiro atoms. The number of aliphatic imine (C=N–C) groups is 1. The Labute approximate surface area is 147 Å². The van der Waals surface area contributed by atoms with E-state index in [9.17, 15) is 0 Å². The third kappa shape index (κ3) is 6.91. The quantitative estimate of drug-likeness (QED) is 0.437. The standard InChI is InChI=1S/C20H34N4/c1-3-15-24-16-12-19(13-17-24)23-20(21-4-2)22-14-8-11-18-9-6-5-7-10-18/h5-7,9-10,19H,3-4,8,11-17H2,1-2H3,(H2,21,22,23). The predicted octanol–water partition coefficient (Wildman–Crippen LogP) is 3.05. The van der Waals surface area contributed by atoms with E-state index in [1.165, 1.54) is 44.5 Å². The van der Waals surface area contributed by atoms with Crippen LogP contribution in [0.5, 0.6) is 0 Å². The Bertz CT molecular complexity index is 464. The molecule has 1 aliphatic rings. The van der Waals surface area contributed by atoms with Gasteiger partial charge in [-0.05, 0) is 51.1 Å². The third-order valence-corrected chi connectivity index (χ3v) is 4.55. The van der Waals surface area contributed by atoms with Crippen LogP contribution in [0, 0.1) is 0 Å². The Morgan fingerprint density at radius 1 is 1.17 bits per heavy atom. The van der Waals surface area contributed by atoms with Crippen molar-refractivity contribution in [1.82, 2.24) is 15.5 Å². The van der Waals surface area contributed by atoms with Gasteiger partial charge < -0.3 is 15.5 Å². The van der Waals surface area contributed by atoms with Gasteiger partial charge in [-0.15, -0.1) is 0 Å². The van der Waals surface area contributed by atoms with E-state index in [4.69, 9.17) is 4.99 Å². The number of hydrogen-bond acceptors (Lipinski definition) is 2. The summed E-state index contributed by atoms with van der Waals surface area (Å²) in [5, 5.41) is 7.02. The summed E-state index contributed by atoms with van der Waals surface area (Å²) in [6.45, 7) is 9.83. The van der Waals surface area contributed by atoms with Crippen molar-refractivity contribution in [3.8, 4) is 0 Å². The van der Waals surface area contributed by atoms with Gasteiger partial charge in [0.15, 0.2) is 5.96 Å². The highest BCUT2D eigenvalue weighted by Crippen LogP contribution is 2.10. The first-order valence-corrected chi connectivity index (χ1v) is 9.63. The fourth-order valence-electron chi connectivity index (χ4n) is 3.25. The van der Waals surface area contributed by atoms with Gasteiger partial charge in [0.1, 0.15) is 0 Å². The van der Waals surface area contributed by atoms with Gasteiger partial charge in [-0.25, -0.2) is 0 Å². The van der Waals surface area contributed by atoms with Gasteiger partial charge >= 0.3 is 0 Å². The monoisotopic (exact) mass is 330 g/mol. The molecule has 2 rings (SSSR count). The minimum Gasteiger partial charge on any atom is -0.357 e. The second-order valence-electron chi connectivity index (χ2n) is 6.61. The number of rotatable bonds is 8. The highest BCUT2D eigenvalue weighted by molar-refractivity contribution is 5.80.